The van der Waals surface area contributed by atoms with Gasteiger partial charge in [-0.05, 0) is 30.0 Å². The Bertz CT molecular complexity index is 834. The highest BCUT2D eigenvalue weighted by Crippen LogP contribution is 2.26. The Hall–Kier alpha value is -3.08. The fraction of sp³-hybridized carbons (Fsp3) is 0.133. The summed E-state index contributed by atoms with van der Waals surface area (Å²) in [5.41, 5.74) is -0.264. The van der Waals surface area contributed by atoms with Crippen LogP contribution in [-0.4, -0.2) is 34.1 Å². The molecule has 0 bridgehead atoms. The lowest BCUT2D eigenvalue weighted by Gasteiger charge is -2.08. The zero-order chi connectivity index (χ0) is 19.1. The van der Waals surface area contributed by atoms with Crippen LogP contribution in [0.25, 0.3) is 0 Å². The summed E-state index contributed by atoms with van der Waals surface area (Å²) in [7, 11) is 0. The van der Waals surface area contributed by atoms with Crippen LogP contribution in [0.1, 0.15) is 10.4 Å². The molecule has 0 saturated carbocycles. The van der Waals surface area contributed by atoms with Crippen molar-refractivity contribution >= 4 is 35.0 Å². The smallest absolute Gasteiger partial charge is 0.341 e. The van der Waals surface area contributed by atoms with Crippen LogP contribution >= 0.6 is 11.8 Å². The number of esters is 1. The van der Waals surface area contributed by atoms with Crippen molar-refractivity contribution in [1.29, 1.82) is 0 Å². The van der Waals surface area contributed by atoms with Crippen molar-refractivity contribution in [2.75, 3.05) is 11.9 Å². The van der Waals surface area contributed by atoms with Crippen molar-refractivity contribution in [1.82, 2.24) is 4.98 Å². The first kappa shape index (κ1) is 19.2. The molecule has 11 heteroatoms. The van der Waals surface area contributed by atoms with E-state index in [4.69, 9.17) is 4.74 Å². The van der Waals surface area contributed by atoms with Gasteiger partial charge in [-0.1, -0.05) is 6.07 Å². The van der Waals surface area contributed by atoms with Crippen molar-refractivity contribution in [3.05, 3.63) is 58.3 Å². The van der Waals surface area contributed by atoms with Crippen LogP contribution in [0.2, 0.25) is 0 Å². The molecule has 0 aliphatic carbocycles. The average Bonchev–Trinajstić information content (AvgIpc) is 2.60. The van der Waals surface area contributed by atoms with E-state index in [9.17, 15) is 28.5 Å². The zero-order valence-electron chi connectivity index (χ0n) is 12.9. The van der Waals surface area contributed by atoms with Crippen molar-refractivity contribution < 1.29 is 28.0 Å². The number of nitrogens with one attached hydrogen (secondary N) is 1. The first-order valence-corrected chi connectivity index (χ1v) is 7.86. The second-order valence-corrected chi connectivity index (χ2v) is 5.65. The molecule has 1 N–H and O–H groups in total. The minimum atomic E-state index is -2.77. The van der Waals surface area contributed by atoms with Gasteiger partial charge in [0.2, 0.25) is 0 Å². The first-order valence-electron chi connectivity index (χ1n) is 6.98. The van der Waals surface area contributed by atoms with Gasteiger partial charge in [-0.15, -0.1) is 0 Å². The number of nitro benzene ring substituents is 1. The molecule has 2 rings (SSSR count). The van der Waals surface area contributed by atoms with Crippen molar-refractivity contribution in [3.63, 3.8) is 0 Å². The fourth-order valence-electron chi connectivity index (χ4n) is 1.83. The SMILES string of the molecule is O=C(COC(=O)c1cccnc1SC(F)F)Nc1cccc([N+](=O)[O-])c1. The lowest BCUT2D eigenvalue weighted by Crippen LogP contribution is -2.21. The summed E-state index contributed by atoms with van der Waals surface area (Å²) < 4.78 is 29.7. The molecule has 0 aliphatic rings. The van der Waals surface area contributed by atoms with E-state index in [1.807, 2.05) is 0 Å². The van der Waals surface area contributed by atoms with Gasteiger partial charge in [0.1, 0.15) is 5.03 Å². The molecular formula is C15H11F2N3O5S. The van der Waals surface area contributed by atoms with E-state index in [0.29, 0.717) is 0 Å². The molecule has 0 radical (unpaired) electrons. The summed E-state index contributed by atoms with van der Waals surface area (Å²) in [6.45, 7) is -0.699. The molecule has 26 heavy (non-hydrogen) atoms. The van der Waals surface area contributed by atoms with E-state index in [2.05, 4.69) is 10.3 Å². The molecular weight excluding hydrogens is 372 g/mol. The maximum absolute atomic E-state index is 12.5. The van der Waals surface area contributed by atoms with Crippen LogP contribution < -0.4 is 5.32 Å². The number of thioether (sulfide) groups is 1. The standard InChI is InChI=1S/C15H11F2N3O5S/c16-15(17)26-13-11(5-2-6-18-13)14(22)25-8-12(21)19-9-3-1-4-10(7-9)20(23)24/h1-7,15H,8H2,(H,19,21). The van der Waals surface area contributed by atoms with E-state index >= 15 is 0 Å². The lowest BCUT2D eigenvalue weighted by molar-refractivity contribution is -0.384. The summed E-state index contributed by atoms with van der Waals surface area (Å²) >= 11 is 0.0849. The molecule has 8 nitrogen and oxygen atoms in total. The van der Waals surface area contributed by atoms with Gasteiger partial charge in [-0.3, -0.25) is 14.9 Å². The monoisotopic (exact) mass is 383 g/mol. The number of amides is 1. The minimum absolute atomic E-state index is 0.0849. The lowest BCUT2D eigenvalue weighted by atomic mass is 10.3. The Morgan fingerprint density at radius 1 is 1.31 bits per heavy atom. The number of non-ortho nitro benzene ring substituents is 1. The number of carbonyl (C=O) groups is 2. The normalized spacial score (nSPS) is 10.4. The first-order chi connectivity index (χ1) is 12.4. The molecule has 1 aromatic carbocycles. The number of pyridine rings is 1. The van der Waals surface area contributed by atoms with E-state index in [1.165, 1.54) is 36.5 Å². The molecule has 0 saturated heterocycles. The Morgan fingerprint density at radius 3 is 2.77 bits per heavy atom. The number of rotatable bonds is 7. The minimum Gasteiger partial charge on any atom is -0.452 e. The molecule has 0 unspecified atom stereocenters. The molecule has 136 valence electrons. The topological polar surface area (TPSA) is 111 Å². The maximum Gasteiger partial charge on any atom is 0.341 e. The highest BCUT2D eigenvalue weighted by atomic mass is 32.2. The summed E-state index contributed by atoms with van der Waals surface area (Å²) in [6, 6.07) is 7.81. The van der Waals surface area contributed by atoms with Gasteiger partial charge >= 0.3 is 5.97 Å². The van der Waals surface area contributed by atoms with Crippen LogP contribution in [0.5, 0.6) is 0 Å². The van der Waals surface area contributed by atoms with E-state index in [-0.39, 0.29) is 33.7 Å². The second kappa shape index (κ2) is 8.85. The summed E-state index contributed by atoms with van der Waals surface area (Å²) in [5, 5.41) is 12.8. The number of ether oxygens (including phenoxy) is 1. The number of halogens is 2. The zero-order valence-corrected chi connectivity index (χ0v) is 13.7. The predicted molar refractivity (Wildman–Crippen MR) is 88.1 cm³/mol. The highest BCUT2D eigenvalue weighted by Gasteiger charge is 2.19. The van der Waals surface area contributed by atoms with E-state index in [0.717, 1.165) is 6.07 Å². The predicted octanol–water partition coefficient (Wildman–Crippen LogP) is 3.10. The number of carbonyl (C=O) groups excluding carboxylic acids is 2. The van der Waals surface area contributed by atoms with E-state index < -0.39 is 29.2 Å². The van der Waals surface area contributed by atoms with Gasteiger partial charge in [0.25, 0.3) is 17.4 Å². The Morgan fingerprint density at radius 2 is 2.08 bits per heavy atom. The van der Waals surface area contributed by atoms with Crippen LogP contribution in [0.4, 0.5) is 20.2 Å². The van der Waals surface area contributed by atoms with Crippen molar-refractivity contribution in [3.8, 4) is 0 Å². The van der Waals surface area contributed by atoms with Gasteiger partial charge < -0.3 is 10.1 Å². The Labute approximate surface area is 149 Å². The van der Waals surface area contributed by atoms with Crippen LogP contribution in [0, 0.1) is 10.1 Å². The highest BCUT2D eigenvalue weighted by molar-refractivity contribution is 7.99. The molecule has 0 spiro atoms. The van der Waals surface area contributed by atoms with E-state index in [1.54, 1.807) is 0 Å². The van der Waals surface area contributed by atoms with Gasteiger partial charge in [0.05, 0.1) is 10.5 Å². The van der Waals surface area contributed by atoms with Gasteiger partial charge in [0.15, 0.2) is 6.61 Å². The van der Waals surface area contributed by atoms with Crippen LogP contribution in [-0.2, 0) is 9.53 Å². The Balaban J connectivity index is 1.96. The van der Waals surface area contributed by atoms with Crippen molar-refractivity contribution in [2.24, 2.45) is 0 Å². The van der Waals surface area contributed by atoms with Crippen LogP contribution in [0.3, 0.4) is 0 Å². The molecule has 0 fully saturated rings. The molecule has 2 aromatic rings. The summed E-state index contributed by atoms with van der Waals surface area (Å²) in [5.74, 6) is -4.50. The Kier molecular flexibility index (Phi) is 6.55. The molecule has 1 aromatic heterocycles. The number of benzene rings is 1. The number of nitro groups is 1. The quantitative estimate of drug-likeness (QED) is 0.338. The third kappa shape index (κ3) is 5.48. The van der Waals surface area contributed by atoms with Gasteiger partial charge in [-0.25, -0.2) is 9.78 Å². The number of aromatic nitrogens is 1. The third-order valence-electron chi connectivity index (χ3n) is 2.87. The molecule has 1 heterocycles. The maximum atomic E-state index is 12.5. The van der Waals surface area contributed by atoms with Gasteiger partial charge in [-0.2, -0.15) is 8.78 Å². The average molecular weight is 383 g/mol. The number of alkyl halides is 2. The number of anilines is 1. The fourth-order valence-corrected chi connectivity index (χ4v) is 2.40. The third-order valence-corrected chi connectivity index (χ3v) is 3.59. The second-order valence-electron chi connectivity index (χ2n) is 4.67. The van der Waals surface area contributed by atoms with Gasteiger partial charge in [0, 0.05) is 24.0 Å². The number of hydrogen-bond acceptors (Lipinski definition) is 7. The van der Waals surface area contributed by atoms with Crippen molar-refractivity contribution in [2.45, 2.75) is 10.8 Å². The molecule has 1 amide bonds. The molecule has 0 aliphatic heterocycles. The summed E-state index contributed by atoms with van der Waals surface area (Å²) in [4.78, 5) is 37.5. The summed E-state index contributed by atoms with van der Waals surface area (Å²) in [6.07, 6.45) is 1.25. The number of nitrogens with zero attached hydrogens (tertiary/aromatic N) is 2. The van der Waals surface area contributed by atoms with Crippen LogP contribution in [0.15, 0.2) is 47.6 Å². The number of hydrogen-bond donors (Lipinski definition) is 1. The molecule has 0 atom stereocenters. The largest absolute Gasteiger partial charge is 0.452 e.